The molecule has 1 unspecified atom stereocenters. The first-order valence-corrected chi connectivity index (χ1v) is 11.9. The summed E-state index contributed by atoms with van der Waals surface area (Å²) in [6.45, 7) is 6.74. The molecule has 7 nitrogen and oxygen atoms in total. The van der Waals surface area contributed by atoms with Crippen LogP contribution in [0, 0.1) is 13.8 Å². The van der Waals surface area contributed by atoms with Gasteiger partial charge in [0, 0.05) is 18.3 Å². The van der Waals surface area contributed by atoms with Crippen molar-refractivity contribution in [1.82, 2.24) is 9.62 Å². The largest absolute Gasteiger partial charge is 0.351 e. The number of anilines is 1. The van der Waals surface area contributed by atoms with Crippen molar-refractivity contribution in [1.29, 1.82) is 0 Å². The van der Waals surface area contributed by atoms with E-state index < -0.39 is 15.6 Å². The Labute approximate surface area is 173 Å². The van der Waals surface area contributed by atoms with Crippen molar-refractivity contribution in [2.75, 3.05) is 23.7 Å². The summed E-state index contributed by atoms with van der Waals surface area (Å²) >= 11 is 0. The monoisotopic (exact) mass is 421 g/mol. The van der Waals surface area contributed by atoms with Crippen molar-refractivity contribution in [2.24, 2.45) is 0 Å². The summed E-state index contributed by atoms with van der Waals surface area (Å²) in [4.78, 5) is 28.2. The number of amides is 2. The fourth-order valence-electron chi connectivity index (χ4n) is 4.29. The highest BCUT2D eigenvalue weighted by Gasteiger charge is 2.51. The Morgan fingerprint density at radius 1 is 1.24 bits per heavy atom. The van der Waals surface area contributed by atoms with Gasteiger partial charge in [-0.05, 0) is 57.7 Å². The van der Waals surface area contributed by atoms with E-state index >= 15 is 0 Å². The number of benzene rings is 1. The standard InChI is InChI=1S/C21H31N3O4S/c1-5-29(27,28)23-13-19(25)24(18-12-15(2)10-11-16(18)3)21(4,14-23)20(26)22-17-8-6-7-9-17/h10-12,17H,5-9,13-14H2,1-4H3,(H,22,26). The highest BCUT2D eigenvalue weighted by molar-refractivity contribution is 7.89. The molecule has 1 aliphatic carbocycles. The molecule has 29 heavy (non-hydrogen) atoms. The second-order valence-electron chi connectivity index (χ2n) is 8.42. The number of nitrogens with one attached hydrogen (secondary N) is 1. The van der Waals surface area contributed by atoms with Gasteiger partial charge in [0.25, 0.3) is 0 Å². The fraction of sp³-hybridized carbons (Fsp3) is 0.619. The van der Waals surface area contributed by atoms with Gasteiger partial charge in [0.1, 0.15) is 5.54 Å². The van der Waals surface area contributed by atoms with Gasteiger partial charge >= 0.3 is 0 Å². The quantitative estimate of drug-likeness (QED) is 0.789. The van der Waals surface area contributed by atoms with Gasteiger partial charge in [-0.2, -0.15) is 4.31 Å². The van der Waals surface area contributed by atoms with Crippen LogP contribution >= 0.6 is 0 Å². The van der Waals surface area contributed by atoms with Gasteiger partial charge in [-0.25, -0.2) is 8.42 Å². The zero-order valence-electron chi connectivity index (χ0n) is 17.7. The number of carbonyl (C=O) groups is 2. The minimum Gasteiger partial charge on any atom is -0.351 e. The maximum absolute atomic E-state index is 13.4. The van der Waals surface area contributed by atoms with Crippen LogP contribution < -0.4 is 10.2 Å². The van der Waals surface area contributed by atoms with E-state index in [1.807, 2.05) is 32.0 Å². The molecule has 1 atom stereocenters. The Bertz CT molecular complexity index is 909. The molecule has 0 aromatic heterocycles. The average molecular weight is 422 g/mol. The Balaban J connectivity index is 2.05. The van der Waals surface area contributed by atoms with Gasteiger partial charge in [0.2, 0.25) is 21.8 Å². The van der Waals surface area contributed by atoms with Gasteiger partial charge in [0.05, 0.1) is 12.3 Å². The van der Waals surface area contributed by atoms with Crippen LogP contribution in [0.5, 0.6) is 0 Å². The lowest BCUT2D eigenvalue weighted by Gasteiger charge is -2.47. The van der Waals surface area contributed by atoms with Crippen LogP contribution in [0.25, 0.3) is 0 Å². The molecule has 160 valence electrons. The predicted molar refractivity (Wildman–Crippen MR) is 113 cm³/mol. The lowest BCUT2D eigenvalue weighted by molar-refractivity contribution is -0.133. The van der Waals surface area contributed by atoms with Gasteiger partial charge in [-0.1, -0.05) is 25.0 Å². The molecule has 1 aromatic carbocycles. The zero-order valence-corrected chi connectivity index (χ0v) is 18.5. The van der Waals surface area contributed by atoms with Gasteiger partial charge < -0.3 is 5.32 Å². The van der Waals surface area contributed by atoms with Gasteiger partial charge in [0.15, 0.2) is 0 Å². The zero-order chi connectivity index (χ0) is 21.4. The van der Waals surface area contributed by atoms with Crippen LogP contribution in [0.1, 0.15) is 50.7 Å². The highest BCUT2D eigenvalue weighted by Crippen LogP contribution is 2.34. The molecule has 1 saturated carbocycles. The van der Waals surface area contributed by atoms with E-state index in [2.05, 4.69) is 5.32 Å². The van der Waals surface area contributed by atoms with E-state index in [1.165, 1.54) is 4.90 Å². The molecule has 2 aliphatic rings. The topological polar surface area (TPSA) is 86.8 Å². The Hall–Kier alpha value is -1.93. The highest BCUT2D eigenvalue weighted by atomic mass is 32.2. The van der Waals surface area contributed by atoms with Crippen LogP contribution in [0.15, 0.2) is 18.2 Å². The van der Waals surface area contributed by atoms with Crippen molar-refractivity contribution in [2.45, 2.75) is 65.0 Å². The summed E-state index contributed by atoms with van der Waals surface area (Å²) < 4.78 is 26.2. The third-order valence-corrected chi connectivity index (χ3v) is 7.86. The van der Waals surface area contributed by atoms with E-state index in [1.54, 1.807) is 13.8 Å². The summed E-state index contributed by atoms with van der Waals surface area (Å²) in [5.41, 5.74) is 1.18. The molecular weight excluding hydrogens is 390 g/mol. The smallest absolute Gasteiger partial charge is 0.247 e. The van der Waals surface area contributed by atoms with Crippen molar-refractivity contribution in [3.05, 3.63) is 29.3 Å². The predicted octanol–water partition coefficient (Wildman–Crippen LogP) is 2.12. The number of rotatable bonds is 5. The molecule has 8 heteroatoms. The van der Waals surface area contributed by atoms with E-state index in [0.717, 1.165) is 41.1 Å². The minimum absolute atomic E-state index is 0.0547. The molecule has 1 aliphatic heterocycles. The summed E-state index contributed by atoms with van der Waals surface area (Å²) in [6.07, 6.45) is 3.96. The molecule has 3 rings (SSSR count). The number of hydrogen-bond acceptors (Lipinski definition) is 4. The first kappa shape index (κ1) is 21.8. The van der Waals surface area contributed by atoms with Gasteiger partial charge in [-0.3, -0.25) is 14.5 Å². The molecular formula is C21H31N3O4S. The first-order chi connectivity index (χ1) is 13.6. The number of piperazine rings is 1. The third kappa shape index (κ3) is 4.19. The Kier molecular flexibility index (Phi) is 6.06. The first-order valence-electron chi connectivity index (χ1n) is 10.3. The minimum atomic E-state index is -3.60. The van der Waals surface area contributed by atoms with Crippen LogP contribution in [-0.4, -0.2) is 55.0 Å². The average Bonchev–Trinajstić information content (AvgIpc) is 3.17. The van der Waals surface area contributed by atoms with Crippen molar-refractivity contribution < 1.29 is 18.0 Å². The van der Waals surface area contributed by atoms with Crippen LogP contribution in [0.4, 0.5) is 5.69 Å². The Morgan fingerprint density at radius 3 is 2.52 bits per heavy atom. The molecule has 1 N–H and O–H groups in total. The number of nitrogens with zero attached hydrogens (tertiary/aromatic N) is 2. The molecule has 1 saturated heterocycles. The van der Waals surface area contributed by atoms with Crippen LogP contribution in [0.3, 0.4) is 0 Å². The van der Waals surface area contributed by atoms with Crippen molar-refractivity contribution in [3.8, 4) is 0 Å². The van der Waals surface area contributed by atoms with E-state index in [4.69, 9.17) is 0 Å². The lowest BCUT2D eigenvalue weighted by Crippen LogP contribution is -2.71. The number of aryl methyl sites for hydroxylation is 2. The summed E-state index contributed by atoms with van der Waals surface area (Å²) in [7, 11) is -3.60. The SMILES string of the molecule is CCS(=O)(=O)N1CC(=O)N(c2cc(C)ccc2C)C(C)(C(=O)NC2CCCC2)C1. The lowest BCUT2D eigenvalue weighted by atomic mass is 9.92. The molecule has 0 spiro atoms. The normalized spacial score (nSPS) is 24.1. The molecule has 2 amide bonds. The van der Waals surface area contributed by atoms with E-state index in [-0.39, 0.29) is 36.7 Å². The van der Waals surface area contributed by atoms with Crippen LogP contribution in [-0.2, 0) is 19.6 Å². The summed E-state index contributed by atoms with van der Waals surface area (Å²) in [5.74, 6) is -0.787. The molecule has 1 aromatic rings. The molecule has 0 radical (unpaired) electrons. The van der Waals surface area contributed by atoms with Crippen LogP contribution in [0.2, 0.25) is 0 Å². The fourth-order valence-corrected chi connectivity index (χ4v) is 5.41. The number of carbonyl (C=O) groups excluding carboxylic acids is 2. The van der Waals surface area contributed by atoms with E-state index in [9.17, 15) is 18.0 Å². The Morgan fingerprint density at radius 2 is 1.90 bits per heavy atom. The van der Waals surface area contributed by atoms with Crippen molar-refractivity contribution in [3.63, 3.8) is 0 Å². The van der Waals surface area contributed by atoms with E-state index in [0.29, 0.717) is 5.69 Å². The summed E-state index contributed by atoms with van der Waals surface area (Å²) in [5, 5.41) is 3.08. The maximum atomic E-state index is 13.4. The summed E-state index contributed by atoms with van der Waals surface area (Å²) in [6, 6.07) is 5.84. The molecule has 2 fully saturated rings. The van der Waals surface area contributed by atoms with Crippen molar-refractivity contribution >= 4 is 27.5 Å². The second kappa shape index (κ2) is 8.07. The third-order valence-electron chi connectivity index (χ3n) is 6.08. The van der Waals surface area contributed by atoms with Gasteiger partial charge in [-0.15, -0.1) is 0 Å². The maximum Gasteiger partial charge on any atom is 0.247 e. The number of sulfonamides is 1. The molecule has 0 bridgehead atoms. The number of hydrogen-bond donors (Lipinski definition) is 1. The second-order valence-corrected chi connectivity index (χ2v) is 10.7. The molecule has 1 heterocycles.